The SMILES string of the molecule is CCOc1cc(/C=C2\C(=O)N(c3ccc(Cl)c(C(=O)O)c3)N=C2C)ccc1O. The van der Waals surface area contributed by atoms with E-state index in [1.807, 2.05) is 0 Å². The molecule has 0 bridgehead atoms. The number of ether oxygens (including phenoxy) is 1. The van der Waals surface area contributed by atoms with E-state index in [0.717, 1.165) is 5.01 Å². The van der Waals surface area contributed by atoms with Crippen LogP contribution < -0.4 is 9.75 Å². The smallest absolute Gasteiger partial charge is 0.337 e. The number of aromatic carboxylic acids is 1. The minimum Gasteiger partial charge on any atom is -0.504 e. The van der Waals surface area contributed by atoms with Gasteiger partial charge < -0.3 is 14.9 Å². The second-order valence-corrected chi connectivity index (χ2v) is 6.40. The molecule has 2 aromatic carbocycles. The largest absolute Gasteiger partial charge is 0.504 e. The molecule has 0 saturated heterocycles. The molecule has 144 valence electrons. The lowest BCUT2D eigenvalue weighted by Crippen LogP contribution is -2.21. The number of phenols is 1. The van der Waals surface area contributed by atoms with E-state index in [4.69, 9.17) is 16.3 Å². The van der Waals surface area contributed by atoms with E-state index in [2.05, 4.69) is 5.10 Å². The number of rotatable bonds is 5. The molecule has 1 amide bonds. The number of carboxylic acids is 1. The Kier molecular flexibility index (Phi) is 5.37. The van der Waals surface area contributed by atoms with E-state index >= 15 is 0 Å². The zero-order valence-corrected chi connectivity index (χ0v) is 15.9. The van der Waals surface area contributed by atoms with Crippen LogP contribution in [0.3, 0.4) is 0 Å². The number of carboxylic acid groups (broad SMARTS) is 1. The summed E-state index contributed by atoms with van der Waals surface area (Å²) in [6.45, 7) is 3.88. The molecule has 2 N–H and O–H groups in total. The summed E-state index contributed by atoms with van der Waals surface area (Å²) in [6, 6.07) is 9.00. The Morgan fingerprint density at radius 2 is 2.04 bits per heavy atom. The van der Waals surface area contributed by atoms with Crippen molar-refractivity contribution in [1.82, 2.24) is 0 Å². The Morgan fingerprint density at radius 3 is 2.71 bits per heavy atom. The summed E-state index contributed by atoms with van der Waals surface area (Å²) >= 11 is 5.89. The second kappa shape index (κ2) is 7.74. The van der Waals surface area contributed by atoms with Crippen molar-refractivity contribution >= 4 is 41.0 Å². The summed E-state index contributed by atoms with van der Waals surface area (Å²) < 4.78 is 5.36. The first-order valence-electron chi connectivity index (χ1n) is 8.42. The van der Waals surface area contributed by atoms with E-state index in [0.29, 0.717) is 34.9 Å². The maximum atomic E-state index is 12.8. The van der Waals surface area contributed by atoms with Crippen LogP contribution in [0.1, 0.15) is 29.8 Å². The Labute approximate surface area is 166 Å². The maximum Gasteiger partial charge on any atom is 0.337 e. The van der Waals surface area contributed by atoms with Crippen molar-refractivity contribution in [2.45, 2.75) is 13.8 Å². The zero-order valence-electron chi connectivity index (χ0n) is 15.1. The van der Waals surface area contributed by atoms with Gasteiger partial charge in [0.05, 0.1) is 34.2 Å². The van der Waals surface area contributed by atoms with Gasteiger partial charge in [0.1, 0.15) is 0 Å². The van der Waals surface area contributed by atoms with Crippen LogP contribution >= 0.6 is 11.6 Å². The lowest BCUT2D eigenvalue weighted by atomic mass is 10.1. The van der Waals surface area contributed by atoms with Crippen LogP contribution in [0, 0.1) is 0 Å². The monoisotopic (exact) mass is 400 g/mol. The third-order valence-electron chi connectivity index (χ3n) is 4.08. The predicted octanol–water partition coefficient (Wildman–Crippen LogP) is 3.95. The highest BCUT2D eigenvalue weighted by atomic mass is 35.5. The van der Waals surface area contributed by atoms with Gasteiger partial charge in [0, 0.05) is 0 Å². The van der Waals surface area contributed by atoms with Crippen molar-refractivity contribution in [3.8, 4) is 11.5 Å². The highest BCUT2D eigenvalue weighted by Crippen LogP contribution is 2.31. The van der Waals surface area contributed by atoms with E-state index in [-0.39, 0.29) is 16.3 Å². The fourth-order valence-corrected chi connectivity index (χ4v) is 2.92. The van der Waals surface area contributed by atoms with Gasteiger partial charge in [-0.1, -0.05) is 17.7 Å². The van der Waals surface area contributed by atoms with E-state index in [1.54, 1.807) is 32.1 Å². The lowest BCUT2D eigenvalue weighted by molar-refractivity contribution is -0.114. The first kappa shape index (κ1) is 19.4. The normalized spacial score (nSPS) is 15.1. The molecule has 0 radical (unpaired) electrons. The molecule has 1 aliphatic rings. The topological polar surface area (TPSA) is 99.4 Å². The van der Waals surface area contributed by atoms with Crippen LogP contribution in [0.25, 0.3) is 6.08 Å². The molecular weight excluding hydrogens is 384 g/mol. The number of anilines is 1. The van der Waals surface area contributed by atoms with Gasteiger partial charge in [-0.25, -0.2) is 4.79 Å². The molecule has 1 heterocycles. The number of benzene rings is 2. The molecule has 0 atom stereocenters. The molecule has 0 aromatic heterocycles. The molecule has 0 aliphatic carbocycles. The van der Waals surface area contributed by atoms with Crippen molar-refractivity contribution in [3.63, 3.8) is 0 Å². The molecule has 0 spiro atoms. The second-order valence-electron chi connectivity index (χ2n) is 5.99. The molecule has 3 rings (SSSR count). The number of carbonyl (C=O) groups excluding carboxylic acids is 1. The van der Waals surface area contributed by atoms with Gasteiger partial charge in [0.2, 0.25) is 0 Å². The predicted molar refractivity (Wildman–Crippen MR) is 106 cm³/mol. The van der Waals surface area contributed by atoms with Crippen molar-refractivity contribution < 1.29 is 24.5 Å². The van der Waals surface area contributed by atoms with Crippen LogP contribution in [0.5, 0.6) is 11.5 Å². The van der Waals surface area contributed by atoms with E-state index in [1.165, 1.54) is 24.3 Å². The van der Waals surface area contributed by atoms with Crippen LogP contribution in [-0.2, 0) is 4.79 Å². The van der Waals surface area contributed by atoms with Gasteiger partial charge in [-0.15, -0.1) is 0 Å². The van der Waals surface area contributed by atoms with Crippen LogP contribution in [0.15, 0.2) is 47.1 Å². The standard InChI is InChI=1S/C20H17ClN2O5/c1-3-28-18-9-12(4-7-17(18)24)8-14-11(2)22-23(19(14)25)13-5-6-16(21)15(10-13)20(26)27/h4-10,24H,3H2,1-2H3,(H,26,27)/b14-8-. The van der Waals surface area contributed by atoms with Crippen molar-refractivity contribution in [2.24, 2.45) is 5.10 Å². The van der Waals surface area contributed by atoms with E-state index < -0.39 is 11.9 Å². The third kappa shape index (κ3) is 3.70. The number of amides is 1. The highest BCUT2D eigenvalue weighted by molar-refractivity contribution is 6.34. The van der Waals surface area contributed by atoms with Gasteiger partial charge >= 0.3 is 5.97 Å². The maximum absolute atomic E-state index is 12.8. The summed E-state index contributed by atoms with van der Waals surface area (Å²) in [7, 11) is 0. The molecular formula is C20H17ClN2O5. The first-order valence-corrected chi connectivity index (χ1v) is 8.80. The highest BCUT2D eigenvalue weighted by Gasteiger charge is 2.29. The Balaban J connectivity index is 1.95. The molecule has 28 heavy (non-hydrogen) atoms. The Hall–Kier alpha value is -3.32. The Bertz CT molecular complexity index is 1030. The fourth-order valence-electron chi connectivity index (χ4n) is 2.73. The molecule has 1 aliphatic heterocycles. The van der Waals surface area contributed by atoms with Crippen LogP contribution in [0.2, 0.25) is 5.02 Å². The van der Waals surface area contributed by atoms with Crippen molar-refractivity contribution in [1.29, 1.82) is 0 Å². The summed E-state index contributed by atoms with van der Waals surface area (Å²) in [4.78, 5) is 24.1. The minimum absolute atomic E-state index is 0.0103. The lowest BCUT2D eigenvalue weighted by Gasteiger charge is -2.13. The third-order valence-corrected chi connectivity index (χ3v) is 4.41. The van der Waals surface area contributed by atoms with Gasteiger partial charge in [-0.2, -0.15) is 10.1 Å². The van der Waals surface area contributed by atoms with Gasteiger partial charge in [-0.3, -0.25) is 4.79 Å². The summed E-state index contributed by atoms with van der Waals surface area (Å²) in [5, 5.41) is 24.5. The van der Waals surface area contributed by atoms with Crippen molar-refractivity contribution in [2.75, 3.05) is 11.6 Å². The average molecular weight is 401 g/mol. The van der Waals surface area contributed by atoms with E-state index in [9.17, 15) is 19.8 Å². The quantitative estimate of drug-likeness (QED) is 0.740. The summed E-state index contributed by atoms with van der Waals surface area (Å²) in [6.07, 6.45) is 1.64. The Morgan fingerprint density at radius 1 is 1.29 bits per heavy atom. The number of phenolic OH excluding ortho intramolecular Hbond substituents is 1. The van der Waals surface area contributed by atoms with Crippen molar-refractivity contribution in [3.05, 3.63) is 58.1 Å². The van der Waals surface area contributed by atoms with Gasteiger partial charge in [0.15, 0.2) is 11.5 Å². The fraction of sp³-hybridized carbons (Fsp3) is 0.150. The zero-order chi connectivity index (χ0) is 20.4. The molecule has 7 nitrogen and oxygen atoms in total. The molecule has 0 saturated carbocycles. The first-order chi connectivity index (χ1) is 13.3. The number of carbonyl (C=O) groups is 2. The van der Waals surface area contributed by atoms with Crippen LogP contribution in [-0.4, -0.2) is 34.4 Å². The van der Waals surface area contributed by atoms with Crippen LogP contribution in [0.4, 0.5) is 5.69 Å². The average Bonchev–Trinajstić information content (AvgIpc) is 2.93. The summed E-state index contributed by atoms with van der Waals surface area (Å²) in [5.41, 5.74) is 1.67. The number of aromatic hydroxyl groups is 1. The number of hydrogen-bond acceptors (Lipinski definition) is 5. The minimum atomic E-state index is -1.19. The summed E-state index contributed by atoms with van der Waals surface area (Å²) in [5.74, 6) is -1.27. The number of hydrazone groups is 1. The number of halogens is 1. The molecule has 0 unspecified atom stereocenters. The number of nitrogens with zero attached hydrogens (tertiary/aromatic N) is 2. The molecule has 0 fully saturated rings. The van der Waals surface area contributed by atoms with Gasteiger partial charge in [-0.05, 0) is 55.8 Å². The molecule has 2 aromatic rings. The molecule has 8 heteroatoms. The number of hydrogen-bond donors (Lipinski definition) is 2. The van der Waals surface area contributed by atoms with Gasteiger partial charge in [0.25, 0.3) is 5.91 Å².